The van der Waals surface area contributed by atoms with Gasteiger partial charge in [-0.15, -0.1) is 9.42 Å². The molecule has 1 rings (SSSR count). The fraction of sp³-hybridized carbons (Fsp3) is 0.667. The first-order chi connectivity index (χ1) is 5.13. The van der Waals surface area contributed by atoms with Gasteiger partial charge >= 0.3 is 0 Å². The van der Waals surface area contributed by atoms with Gasteiger partial charge in [-0.1, -0.05) is 0 Å². The van der Waals surface area contributed by atoms with Gasteiger partial charge < -0.3 is 4.90 Å². The Balaban J connectivity index is 2.63. The molecule has 0 aromatic rings. The van der Waals surface area contributed by atoms with Crippen LogP contribution in [0.5, 0.6) is 0 Å². The number of rotatable bonds is 2. The second kappa shape index (κ2) is 3.71. The molecule has 0 aromatic heterocycles. The first-order valence-corrected chi connectivity index (χ1v) is 5.59. The minimum absolute atomic E-state index is 1.31. The Morgan fingerprint density at radius 3 is 2.27 bits per heavy atom. The third-order valence-electron chi connectivity index (χ3n) is 1.39. The van der Waals surface area contributed by atoms with E-state index in [9.17, 15) is 0 Å². The highest BCUT2D eigenvalue weighted by Crippen LogP contribution is 2.23. The van der Waals surface area contributed by atoms with Crippen LogP contribution in [0.1, 0.15) is 0 Å². The quantitative estimate of drug-likeness (QED) is 0.488. The van der Waals surface area contributed by atoms with E-state index in [1.165, 1.54) is 10.2 Å². The molecule has 5 heteroatoms. The van der Waals surface area contributed by atoms with E-state index >= 15 is 0 Å². The molecule has 0 aromatic carbocycles. The lowest BCUT2D eigenvalue weighted by Crippen LogP contribution is -3.09. The summed E-state index contributed by atoms with van der Waals surface area (Å²) in [5.41, 5.74) is 0. The molecular formula is C6H14N3S2+. The molecule has 64 valence electrons. The van der Waals surface area contributed by atoms with Crippen molar-refractivity contribution in [3.63, 3.8) is 0 Å². The summed E-state index contributed by atoms with van der Waals surface area (Å²) in [7, 11) is 11.9. The molecule has 1 aliphatic rings. The van der Waals surface area contributed by atoms with Crippen LogP contribution in [0.15, 0.2) is 11.2 Å². The maximum atomic E-state index is 2.18. The molecule has 0 radical (unpaired) electrons. The summed E-state index contributed by atoms with van der Waals surface area (Å²) in [4.78, 5) is 2.14. The lowest BCUT2D eigenvalue weighted by molar-refractivity contribution is -0.851. The summed E-state index contributed by atoms with van der Waals surface area (Å²) >= 11 is 0. The van der Waals surface area contributed by atoms with Gasteiger partial charge in [-0.25, -0.2) is 0 Å². The van der Waals surface area contributed by atoms with Crippen LogP contribution in [0.2, 0.25) is 0 Å². The van der Waals surface area contributed by atoms with Crippen LogP contribution >= 0.6 is 21.8 Å². The van der Waals surface area contributed by atoms with Crippen LogP contribution in [0, 0.1) is 0 Å². The van der Waals surface area contributed by atoms with Gasteiger partial charge in [-0.3, -0.25) is 0 Å². The molecule has 0 spiro atoms. The molecule has 0 fully saturated rings. The van der Waals surface area contributed by atoms with Crippen molar-refractivity contribution in [2.45, 2.75) is 0 Å². The van der Waals surface area contributed by atoms with E-state index in [4.69, 9.17) is 0 Å². The van der Waals surface area contributed by atoms with Gasteiger partial charge in [0.1, 0.15) is 0 Å². The Bertz CT molecular complexity index is 167. The minimum Gasteiger partial charge on any atom is -0.331 e. The zero-order chi connectivity index (χ0) is 8.43. The van der Waals surface area contributed by atoms with Crippen molar-refractivity contribution in [3.8, 4) is 0 Å². The van der Waals surface area contributed by atoms with Crippen LogP contribution in [0.25, 0.3) is 0 Å². The van der Waals surface area contributed by atoms with Gasteiger partial charge in [0.25, 0.3) is 0 Å². The number of hydrogen-bond donors (Lipinski definition) is 1. The summed E-state index contributed by atoms with van der Waals surface area (Å²) < 4.78 is 1.33. The predicted molar refractivity (Wildman–Crippen MR) is 51.6 cm³/mol. The zero-order valence-electron chi connectivity index (χ0n) is 7.29. The van der Waals surface area contributed by atoms with Gasteiger partial charge in [0.15, 0.2) is 11.0 Å². The van der Waals surface area contributed by atoms with Gasteiger partial charge in [-0.2, -0.15) is 0 Å². The first kappa shape index (κ1) is 9.25. The SMILES string of the molecule is CN(C)C1=CSS[NH+]1N(C)C. The summed E-state index contributed by atoms with van der Waals surface area (Å²) in [6.07, 6.45) is 0. The molecule has 0 amide bonds. The Hall–Kier alpha value is 0.160. The lowest BCUT2D eigenvalue weighted by atomic mass is 10.7. The van der Waals surface area contributed by atoms with E-state index in [1.807, 2.05) is 11.0 Å². The Morgan fingerprint density at radius 2 is 1.91 bits per heavy atom. The molecule has 0 aliphatic carbocycles. The van der Waals surface area contributed by atoms with Crippen molar-refractivity contribution in [3.05, 3.63) is 11.2 Å². The number of nitrogens with zero attached hydrogens (tertiary/aromatic N) is 2. The third kappa shape index (κ3) is 2.05. The summed E-state index contributed by atoms with van der Waals surface area (Å²) in [5, 5.41) is 4.33. The summed E-state index contributed by atoms with van der Waals surface area (Å²) in [6.45, 7) is 0. The third-order valence-corrected chi connectivity index (χ3v) is 3.59. The van der Waals surface area contributed by atoms with Gasteiger partial charge in [0.2, 0.25) is 5.82 Å². The maximum Gasteiger partial charge on any atom is 0.241 e. The van der Waals surface area contributed by atoms with Crippen LogP contribution in [0.3, 0.4) is 0 Å². The fourth-order valence-electron chi connectivity index (χ4n) is 0.809. The zero-order valence-corrected chi connectivity index (χ0v) is 8.92. The standard InChI is InChI=1S/C6H13N3S2/c1-7(2)6-5-10-11-9(6)8(3)4/h5H,1-4H3/p+1. The van der Waals surface area contributed by atoms with Crippen molar-refractivity contribution in [2.75, 3.05) is 28.2 Å². The van der Waals surface area contributed by atoms with E-state index in [0.717, 1.165) is 0 Å². The average molecular weight is 192 g/mol. The lowest BCUT2D eigenvalue weighted by Gasteiger charge is -2.22. The topological polar surface area (TPSA) is 10.9 Å². The largest absolute Gasteiger partial charge is 0.331 e. The number of hydrogen-bond acceptors (Lipinski definition) is 4. The molecule has 1 N–H and O–H groups in total. The molecule has 0 saturated heterocycles. The Kier molecular flexibility index (Phi) is 3.12. The summed E-state index contributed by atoms with van der Waals surface area (Å²) in [6, 6.07) is 0. The van der Waals surface area contributed by atoms with E-state index in [-0.39, 0.29) is 0 Å². The van der Waals surface area contributed by atoms with Crippen LogP contribution < -0.4 is 4.41 Å². The molecule has 1 aliphatic heterocycles. The molecule has 1 unspecified atom stereocenters. The van der Waals surface area contributed by atoms with E-state index in [0.29, 0.717) is 0 Å². The van der Waals surface area contributed by atoms with Gasteiger partial charge in [0.05, 0.1) is 5.41 Å². The van der Waals surface area contributed by atoms with Crippen LogP contribution in [0.4, 0.5) is 0 Å². The Labute approximate surface area is 75.9 Å². The second-order valence-electron chi connectivity index (χ2n) is 2.78. The molecule has 0 saturated carbocycles. The van der Waals surface area contributed by atoms with Crippen molar-refractivity contribution in [1.29, 1.82) is 0 Å². The van der Waals surface area contributed by atoms with Gasteiger partial charge in [-0.05, 0) is 0 Å². The highest BCUT2D eigenvalue weighted by atomic mass is 33.1. The smallest absolute Gasteiger partial charge is 0.241 e. The van der Waals surface area contributed by atoms with E-state index < -0.39 is 0 Å². The molecule has 1 atom stereocenters. The van der Waals surface area contributed by atoms with Crippen LogP contribution in [-0.4, -0.2) is 38.1 Å². The second-order valence-corrected chi connectivity index (χ2v) is 4.84. The highest BCUT2D eigenvalue weighted by molar-refractivity contribution is 8.75. The molecule has 0 bridgehead atoms. The molecule has 11 heavy (non-hydrogen) atoms. The van der Waals surface area contributed by atoms with Crippen molar-refractivity contribution < 1.29 is 4.41 Å². The average Bonchev–Trinajstić information content (AvgIpc) is 2.32. The van der Waals surface area contributed by atoms with Crippen molar-refractivity contribution in [1.82, 2.24) is 9.91 Å². The Morgan fingerprint density at radius 1 is 1.27 bits per heavy atom. The van der Waals surface area contributed by atoms with Crippen molar-refractivity contribution in [2.24, 2.45) is 0 Å². The van der Waals surface area contributed by atoms with Gasteiger partial charge in [0, 0.05) is 39.0 Å². The van der Waals surface area contributed by atoms with E-state index in [1.54, 1.807) is 10.8 Å². The fourth-order valence-corrected chi connectivity index (χ4v) is 3.31. The maximum absolute atomic E-state index is 2.18. The predicted octanol–water partition coefficient (Wildman–Crippen LogP) is 0.0184. The number of nitrogens with one attached hydrogen (secondary N) is 1. The monoisotopic (exact) mass is 192 g/mol. The molecule has 1 heterocycles. The molecule has 3 nitrogen and oxygen atoms in total. The molecular weight excluding hydrogens is 178 g/mol. The first-order valence-electron chi connectivity index (χ1n) is 3.38. The minimum atomic E-state index is 1.31. The van der Waals surface area contributed by atoms with E-state index in [2.05, 4.69) is 43.5 Å². The summed E-state index contributed by atoms with van der Waals surface area (Å²) in [5.74, 6) is 1.31. The number of quaternary nitrogens is 1. The highest BCUT2D eigenvalue weighted by Gasteiger charge is 2.27. The van der Waals surface area contributed by atoms with Crippen molar-refractivity contribution >= 4 is 21.8 Å². The van der Waals surface area contributed by atoms with Crippen LogP contribution in [-0.2, 0) is 0 Å². The normalized spacial score (nSPS) is 24.1.